The molecule has 0 aliphatic carbocycles. The third-order valence-electron chi connectivity index (χ3n) is 3.58. The molecule has 4 rings (SSSR count). The Morgan fingerprint density at radius 1 is 1.04 bits per heavy atom. The molecule has 0 unspecified atom stereocenters. The predicted molar refractivity (Wildman–Crippen MR) is 85.5 cm³/mol. The van der Waals surface area contributed by atoms with E-state index in [1.807, 2.05) is 0 Å². The van der Waals surface area contributed by atoms with E-state index >= 15 is 0 Å². The standard InChI is InChI=1S/C17H12F2N4O/c18-11-2-1-3-13(7-11)23-16-15-17(22-9-21-16)24-14-5-4-12(19)6-10(14)8-20-15/h1-7,9,20H,8H2,(H,21,22,23). The molecule has 0 saturated heterocycles. The Hall–Kier alpha value is -3.22. The number of hydrogen-bond donors (Lipinski definition) is 2. The van der Waals surface area contributed by atoms with Gasteiger partial charge in [-0.3, -0.25) is 0 Å². The minimum Gasteiger partial charge on any atom is -0.437 e. The Balaban J connectivity index is 1.70. The maximum absolute atomic E-state index is 13.4. The topological polar surface area (TPSA) is 59.1 Å². The summed E-state index contributed by atoms with van der Waals surface area (Å²) in [4.78, 5) is 8.29. The number of benzene rings is 2. The summed E-state index contributed by atoms with van der Waals surface area (Å²) >= 11 is 0. The van der Waals surface area contributed by atoms with Gasteiger partial charge in [0.25, 0.3) is 0 Å². The molecule has 3 aromatic rings. The molecule has 0 fully saturated rings. The summed E-state index contributed by atoms with van der Waals surface area (Å²) in [5.41, 5.74) is 1.74. The Bertz CT molecular complexity index is 917. The molecule has 1 aromatic heterocycles. The lowest BCUT2D eigenvalue weighted by atomic mass is 10.2. The van der Waals surface area contributed by atoms with Crippen LogP contribution in [-0.4, -0.2) is 9.97 Å². The quantitative estimate of drug-likeness (QED) is 0.738. The van der Waals surface area contributed by atoms with E-state index in [-0.39, 0.29) is 11.6 Å². The number of nitrogens with one attached hydrogen (secondary N) is 2. The Morgan fingerprint density at radius 3 is 2.79 bits per heavy atom. The summed E-state index contributed by atoms with van der Waals surface area (Å²) in [7, 11) is 0. The molecule has 2 N–H and O–H groups in total. The minimum atomic E-state index is -0.354. The molecule has 24 heavy (non-hydrogen) atoms. The zero-order valence-corrected chi connectivity index (χ0v) is 12.4. The van der Waals surface area contributed by atoms with Crippen molar-refractivity contribution in [3.8, 4) is 11.6 Å². The molecule has 0 atom stereocenters. The first-order valence-electron chi connectivity index (χ1n) is 7.27. The molecule has 0 spiro atoms. The van der Waals surface area contributed by atoms with E-state index in [1.165, 1.54) is 30.6 Å². The van der Waals surface area contributed by atoms with Crippen LogP contribution >= 0.6 is 0 Å². The zero-order chi connectivity index (χ0) is 16.5. The van der Waals surface area contributed by atoms with Crippen LogP contribution in [0.25, 0.3) is 0 Å². The molecule has 5 nitrogen and oxygen atoms in total. The highest BCUT2D eigenvalue weighted by Gasteiger charge is 2.19. The Morgan fingerprint density at radius 2 is 1.92 bits per heavy atom. The molecule has 2 heterocycles. The van der Waals surface area contributed by atoms with E-state index < -0.39 is 0 Å². The monoisotopic (exact) mass is 326 g/mol. The van der Waals surface area contributed by atoms with Crippen LogP contribution in [0.1, 0.15) is 5.56 Å². The summed E-state index contributed by atoms with van der Waals surface area (Å²) in [5, 5.41) is 6.17. The van der Waals surface area contributed by atoms with Crippen LogP contribution < -0.4 is 15.4 Å². The van der Waals surface area contributed by atoms with Crippen LogP contribution in [0.3, 0.4) is 0 Å². The van der Waals surface area contributed by atoms with Crippen LogP contribution in [0.15, 0.2) is 48.8 Å². The summed E-state index contributed by atoms with van der Waals surface area (Å²) in [5.74, 6) is 0.590. The molecule has 7 heteroatoms. The van der Waals surface area contributed by atoms with Gasteiger partial charge >= 0.3 is 0 Å². The lowest BCUT2D eigenvalue weighted by Gasteiger charge is -2.12. The number of ether oxygens (including phenoxy) is 1. The van der Waals surface area contributed by atoms with Gasteiger partial charge in [-0.1, -0.05) is 6.07 Å². The number of anilines is 3. The van der Waals surface area contributed by atoms with E-state index in [9.17, 15) is 8.78 Å². The second-order valence-electron chi connectivity index (χ2n) is 5.25. The van der Waals surface area contributed by atoms with Gasteiger partial charge in [-0.25, -0.2) is 13.8 Å². The van der Waals surface area contributed by atoms with Gasteiger partial charge < -0.3 is 15.4 Å². The van der Waals surface area contributed by atoms with Crippen molar-refractivity contribution < 1.29 is 13.5 Å². The van der Waals surface area contributed by atoms with E-state index in [0.717, 1.165) is 0 Å². The van der Waals surface area contributed by atoms with Gasteiger partial charge in [-0.05, 0) is 36.4 Å². The van der Waals surface area contributed by atoms with Crippen LogP contribution in [0, 0.1) is 11.6 Å². The largest absolute Gasteiger partial charge is 0.437 e. The highest BCUT2D eigenvalue weighted by Crippen LogP contribution is 2.38. The number of rotatable bonds is 2. The van der Waals surface area contributed by atoms with Crippen molar-refractivity contribution in [1.82, 2.24) is 9.97 Å². The maximum atomic E-state index is 13.4. The van der Waals surface area contributed by atoms with Gasteiger partial charge in [0, 0.05) is 17.8 Å². The molecule has 0 amide bonds. The van der Waals surface area contributed by atoms with Crippen LogP contribution in [-0.2, 0) is 6.54 Å². The molecular weight excluding hydrogens is 314 g/mol. The average molecular weight is 326 g/mol. The predicted octanol–water partition coefficient (Wildman–Crippen LogP) is 4.22. The molecule has 0 radical (unpaired) electrons. The van der Waals surface area contributed by atoms with Gasteiger partial charge in [-0.15, -0.1) is 0 Å². The number of aromatic nitrogens is 2. The van der Waals surface area contributed by atoms with E-state index in [0.29, 0.717) is 40.9 Å². The molecular formula is C17H12F2N4O. The summed E-state index contributed by atoms with van der Waals surface area (Å²) in [6.45, 7) is 0.352. The van der Waals surface area contributed by atoms with Crippen molar-refractivity contribution in [3.63, 3.8) is 0 Å². The van der Waals surface area contributed by atoms with Crippen LogP contribution in [0.2, 0.25) is 0 Å². The third-order valence-corrected chi connectivity index (χ3v) is 3.58. The van der Waals surface area contributed by atoms with E-state index in [2.05, 4.69) is 20.6 Å². The highest BCUT2D eigenvalue weighted by molar-refractivity contribution is 5.75. The Kier molecular flexibility index (Phi) is 3.45. The third kappa shape index (κ3) is 2.71. The van der Waals surface area contributed by atoms with Gasteiger partial charge in [0.15, 0.2) is 5.82 Å². The van der Waals surface area contributed by atoms with Crippen molar-refractivity contribution in [2.75, 3.05) is 10.6 Å². The number of hydrogen-bond acceptors (Lipinski definition) is 5. The second kappa shape index (κ2) is 5.77. The van der Waals surface area contributed by atoms with Crippen LogP contribution in [0.4, 0.5) is 26.0 Å². The maximum Gasteiger partial charge on any atom is 0.248 e. The summed E-state index contributed by atoms with van der Waals surface area (Å²) in [6, 6.07) is 10.3. The smallest absolute Gasteiger partial charge is 0.248 e. The van der Waals surface area contributed by atoms with Gasteiger partial charge in [0.2, 0.25) is 5.88 Å². The number of halogens is 2. The lowest BCUT2D eigenvalue weighted by molar-refractivity contribution is 0.462. The molecule has 2 aromatic carbocycles. The summed E-state index contributed by atoms with van der Waals surface area (Å²) in [6.07, 6.45) is 1.34. The molecule has 0 saturated carbocycles. The van der Waals surface area contributed by atoms with Crippen molar-refractivity contribution in [1.29, 1.82) is 0 Å². The Labute approximate surface area is 136 Å². The van der Waals surface area contributed by atoms with E-state index in [1.54, 1.807) is 18.2 Å². The molecule has 1 aliphatic heterocycles. The average Bonchev–Trinajstić information content (AvgIpc) is 2.74. The first-order chi connectivity index (χ1) is 11.7. The first-order valence-corrected chi connectivity index (χ1v) is 7.27. The fourth-order valence-electron chi connectivity index (χ4n) is 2.48. The molecule has 1 aliphatic rings. The van der Waals surface area contributed by atoms with Crippen molar-refractivity contribution >= 4 is 17.2 Å². The molecule has 0 bridgehead atoms. The number of fused-ring (bicyclic) bond motifs is 2. The van der Waals surface area contributed by atoms with Gasteiger partial charge in [-0.2, -0.15) is 4.98 Å². The van der Waals surface area contributed by atoms with Crippen molar-refractivity contribution in [2.24, 2.45) is 0 Å². The van der Waals surface area contributed by atoms with Gasteiger partial charge in [0.1, 0.15) is 29.4 Å². The van der Waals surface area contributed by atoms with Crippen molar-refractivity contribution in [2.45, 2.75) is 6.54 Å². The zero-order valence-electron chi connectivity index (χ0n) is 12.4. The van der Waals surface area contributed by atoms with Crippen LogP contribution in [0.5, 0.6) is 11.6 Å². The van der Waals surface area contributed by atoms with E-state index in [4.69, 9.17) is 4.74 Å². The minimum absolute atomic E-state index is 0.314. The highest BCUT2D eigenvalue weighted by atomic mass is 19.1. The fraction of sp³-hybridized carbons (Fsp3) is 0.0588. The van der Waals surface area contributed by atoms with Crippen molar-refractivity contribution in [3.05, 3.63) is 66.0 Å². The lowest BCUT2D eigenvalue weighted by Crippen LogP contribution is -2.04. The second-order valence-corrected chi connectivity index (χ2v) is 5.25. The van der Waals surface area contributed by atoms with Gasteiger partial charge in [0.05, 0.1) is 0 Å². The summed E-state index contributed by atoms with van der Waals surface area (Å²) < 4.78 is 32.5. The number of nitrogens with zero attached hydrogens (tertiary/aromatic N) is 2. The normalized spacial score (nSPS) is 12.2. The SMILES string of the molecule is Fc1cccc(Nc2ncnc3c2NCc2cc(F)ccc2O3)c1. The molecule has 120 valence electrons. The fourth-order valence-corrected chi connectivity index (χ4v) is 2.48. The first kappa shape index (κ1) is 14.4.